The summed E-state index contributed by atoms with van der Waals surface area (Å²) >= 11 is 3.05. The van der Waals surface area contributed by atoms with Gasteiger partial charge >= 0.3 is 12.1 Å². The first-order valence-electron chi connectivity index (χ1n) is 16.3. The van der Waals surface area contributed by atoms with E-state index in [0.717, 1.165) is 70.6 Å². The fourth-order valence-electron chi connectivity index (χ4n) is 6.36. The van der Waals surface area contributed by atoms with Crippen LogP contribution in [0.1, 0.15) is 18.9 Å². The molecule has 0 radical (unpaired) electrons. The molecule has 0 amide bonds. The number of thioether (sulfide) groups is 1. The van der Waals surface area contributed by atoms with Crippen LogP contribution in [0.25, 0.3) is 10.8 Å². The van der Waals surface area contributed by atoms with E-state index >= 15 is 0 Å². The molecular formula is C37H41F3N4O2S2. The normalized spacial score (nSPS) is 16.0. The lowest BCUT2D eigenvalue weighted by Gasteiger charge is -2.36. The van der Waals surface area contributed by atoms with Gasteiger partial charge in [0.05, 0.1) is 22.6 Å². The number of carbonyl (C=O) groups excluding carboxylic acids is 1. The molecule has 11 heteroatoms. The van der Waals surface area contributed by atoms with Crippen LogP contribution in [0.4, 0.5) is 30.2 Å². The lowest BCUT2D eigenvalue weighted by molar-refractivity contribution is -0.143. The van der Waals surface area contributed by atoms with Crippen LogP contribution in [-0.2, 0) is 15.7 Å². The van der Waals surface area contributed by atoms with E-state index in [1.165, 1.54) is 41.0 Å². The molecule has 6 nitrogen and oxygen atoms in total. The zero-order valence-corrected chi connectivity index (χ0v) is 29.1. The average Bonchev–Trinajstić information content (AvgIpc) is 3.07. The van der Waals surface area contributed by atoms with E-state index < -0.39 is 11.7 Å². The van der Waals surface area contributed by atoms with Gasteiger partial charge in [0.25, 0.3) is 0 Å². The summed E-state index contributed by atoms with van der Waals surface area (Å²) < 4.78 is 46.4. The van der Waals surface area contributed by atoms with E-state index in [1.54, 1.807) is 6.07 Å². The van der Waals surface area contributed by atoms with Gasteiger partial charge in [-0.15, -0.1) is 11.8 Å². The van der Waals surface area contributed by atoms with Crippen molar-refractivity contribution in [1.82, 2.24) is 9.80 Å². The lowest BCUT2D eigenvalue weighted by Crippen LogP contribution is -2.47. The number of rotatable bonds is 11. The summed E-state index contributed by atoms with van der Waals surface area (Å²) in [6.07, 6.45) is -3.56. The van der Waals surface area contributed by atoms with Crippen LogP contribution >= 0.6 is 23.5 Å². The fourth-order valence-corrected chi connectivity index (χ4v) is 8.53. The Balaban J connectivity index is 0.955. The summed E-state index contributed by atoms with van der Waals surface area (Å²) in [5.74, 6) is -0.210. The molecule has 1 fully saturated rings. The van der Waals surface area contributed by atoms with Crippen LogP contribution in [0.2, 0.25) is 0 Å². The summed E-state index contributed by atoms with van der Waals surface area (Å²) in [5, 5.41) is 1.99. The van der Waals surface area contributed by atoms with Gasteiger partial charge in [-0.3, -0.25) is 9.69 Å². The second kappa shape index (κ2) is 15.0. The maximum absolute atomic E-state index is 13.6. The van der Waals surface area contributed by atoms with E-state index in [0.29, 0.717) is 25.4 Å². The molecule has 4 aromatic carbocycles. The highest BCUT2D eigenvalue weighted by Gasteiger charge is 2.33. The predicted molar refractivity (Wildman–Crippen MR) is 191 cm³/mol. The molecule has 1 saturated heterocycles. The van der Waals surface area contributed by atoms with Crippen LogP contribution in [0.5, 0.6) is 0 Å². The summed E-state index contributed by atoms with van der Waals surface area (Å²) in [6, 6.07) is 24.4. The summed E-state index contributed by atoms with van der Waals surface area (Å²) in [6.45, 7) is 8.00. The number of ether oxygens (including phenoxy) is 1. The molecule has 4 aromatic rings. The molecule has 0 aliphatic carbocycles. The Morgan fingerprint density at radius 3 is 2.31 bits per heavy atom. The molecule has 48 heavy (non-hydrogen) atoms. The summed E-state index contributed by atoms with van der Waals surface area (Å²) in [4.78, 5) is 24.7. The predicted octanol–water partition coefficient (Wildman–Crippen LogP) is 8.26. The molecule has 1 unspecified atom stereocenters. The number of esters is 1. The lowest BCUT2D eigenvalue weighted by atomic mass is 10.1. The van der Waals surface area contributed by atoms with Gasteiger partial charge in [-0.2, -0.15) is 13.2 Å². The minimum Gasteiger partial charge on any atom is -0.463 e. The van der Waals surface area contributed by atoms with Crippen LogP contribution in [0, 0.1) is 0 Å². The smallest absolute Gasteiger partial charge is 0.416 e. The molecule has 0 N–H and O–H groups in total. The zero-order chi connectivity index (χ0) is 33.8. The van der Waals surface area contributed by atoms with Crippen molar-refractivity contribution in [2.45, 2.75) is 39.5 Å². The number of carbonyl (C=O) groups is 1. The molecule has 2 aliphatic heterocycles. The van der Waals surface area contributed by atoms with Crippen molar-refractivity contribution >= 4 is 57.3 Å². The zero-order valence-electron chi connectivity index (χ0n) is 27.5. The number of anilines is 3. The third-order valence-electron chi connectivity index (χ3n) is 8.87. The number of para-hydroxylation sites is 1. The van der Waals surface area contributed by atoms with Crippen molar-refractivity contribution in [1.29, 1.82) is 0 Å². The van der Waals surface area contributed by atoms with E-state index in [-0.39, 0.29) is 11.2 Å². The van der Waals surface area contributed by atoms with Crippen LogP contribution < -0.4 is 9.80 Å². The Kier molecular flexibility index (Phi) is 10.8. The highest BCUT2D eigenvalue weighted by atomic mass is 32.2. The van der Waals surface area contributed by atoms with Crippen LogP contribution in [0.15, 0.2) is 93.5 Å². The number of benzene rings is 4. The van der Waals surface area contributed by atoms with Gasteiger partial charge in [0.15, 0.2) is 0 Å². The second-order valence-corrected chi connectivity index (χ2v) is 14.9. The molecule has 1 atom stereocenters. The van der Waals surface area contributed by atoms with Gasteiger partial charge < -0.3 is 19.4 Å². The third-order valence-corrected chi connectivity index (χ3v) is 11.1. The van der Waals surface area contributed by atoms with Gasteiger partial charge in [-0.25, -0.2) is 0 Å². The van der Waals surface area contributed by atoms with E-state index in [1.807, 2.05) is 62.3 Å². The third kappa shape index (κ3) is 7.91. The quantitative estimate of drug-likeness (QED) is 0.115. The molecule has 0 saturated carbocycles. The molecule has 2 heterocycles. The summed E-state index contributed by atoms with van der Waals surface area (Å²) in [5.41, 5.74) is 2.06. The van der Waals surface area contributed by atoms with Crippen molar-refractivity contribution in [3.05, 3.63) is 84.4 Å². The van der Waals surface area contributed by atoms with Crippen LogP contribution in [-0.4, -0.2) is 87.5 Å². The number of halogens is 3. The SMILES string of the molecule is CC(Sc1ccc2ccccc2c1N(C)C)C(=O)OCCN1CCN(CCCN2c3ccccc3Sc3ccc(C(F)(F)F)cc32)CC1. The Bertz CT molecular complexity index is 1740. The Labute approximate surface area is 289 Å². The first kappa shape index (κ1) is 34.5. The Morgan fingerprint density at radius 1 is 0.875 bits per heavy atom. The molecule has 254 valence electrons. The molecule has 0 spiro atoms. The topological polar surface area (TPSA) is 39.3 Å². The maximum Gasteiger partial charge on any atom is 0.416 e. The number of alkyl halides is 3. The number of piperazine rings is 1. The number of nitrogens with zero attached hydrogens (tertiary/aromatic N) is 4. The minimum absolute atomic E-state index is 0.210. The number of hydrogen-bond donors (Lipinski definition) is 0. The first-order chi connectivity index (χ1) is 23.1. The second-order valence-electron chi connectivity index (χ2n) is 12.4. The monoisotopic (exact) mass is 694 g/mol. The van der Waals surface area contributed by atoms with Crippen molar-refractivity contribution in [3.63, 3.8) is 0 Å². The highest BCUT2D eigenvalue weighted by molar-refractivity contribution is 8.00. The average molecular weight is 695 g/mol. The van der Waals surface area contributed by atoms with Gasteiger partial charge in [-0.1, -0.05) is 54.2 Å². The largest absolute Gasteiger partial charge is 0.463 e. The molecule has 0 aromatic heterocycles. The Morgan fingerprint density at radius 2 is 1.56 bits per heavy atom. The standard InChI is InChI=1S/C37H41F3N4O2S2/c1-26(47-34-15-13-27-9-4-5-10-29(27)35(34)41(2)3)36(45)46-24-23-43-21-19-42(20-22-43)17-8-18-44-30-11-6-7-12-32(30)48-33-16-14-28(25-31(33)44)37(38,39)40/h4-7,9-16,25-26H,8,17-24H2,1-3H3. The van der Waals surface area contributed by atoms with E-state index in [2.05, 4.69) is 39.0 Å². The van der Waals surface area contributed by atoms with Crippen molar-refractivity contribution in [2.24, 2.45) is 0 Å². The molecule has 0 bridgehead atoms. The number of hydrogen-bond acceptors (Lipinski definition) is 8. The fraction of sp³-hybridized carbons (Fsp3) is 0.378. The first-order valence-corrected chi connectivity index (χ1v) is 18.0. The maximum atomic E-state index is 13.6. The van der Waals surface area contributed by atoms with Crippen molar-refractivity contribution in [2.75, 3.05) is 76.3 Å². The van der Waals surface area contributed by atoms with Gasteiger partial charge in [0.1, 0.15) is 11.9 Å². The van der Waals surface area contributed by atoms with Crippen LogP contribution in [0.3, 0.4) is 0 Å². The number of fused-ring (bicyclic) bond motifs is 3. The van der Waals surface area contributed by atoms with Crippen molar-refractivity contribution in [3.8, 4) is 0 Å². The van der Waals surface area contributed by atoms with E-state index in [9.17, 15) is 18.0 Å². The molecule has 6 rings (SSSR count). The van der Waals surface area contributed by atoms with Gasteiger partial charge in [-0.05, 0) is 61.7 Å². The minimum atomic E-state index is -4.38. The highest BCUT2D eigenvalue weighted by Crippen LogP contribution is 2.49. The Hall–Kier alpha value is -3.38. The van der Waals surface area contributed by atoms with Crippen molar-refractivity contribution < 1.29 is 22.7 Å². The van der Waals surface area contributed by atoms with E-state index in [4.69, 9.17) is 4.74 Å². The van der Waals surface area contributed by atoms with Gasteiger partial charge in [0, 0.05) is 73.4 Å². The van der Waals surface area contributed by atoms with Gasteiger partial charge in [0.2, 0.25) is 0 Å². The summed E-state index contributed by atoms with van der Waals surface area (Å²) in [7, 11) is 4.05. The molecular weight excluding hydrogens is 654 g/mol. The molecule has 2 aliphatic rings.